The molecule has 2 N–H and O–H groups in total. The van der Waals surface area contributed by atoms with Gasteiger partial charge in [0.2, 0.25) is 5.91 Å². The van der Waals surface area contributed by atoms with E-state index >= 15 is 0 Å². The molecular formula is C7H15N3O. The van der Waals surface area contributed by atoms with E-state index in [4.69, 9.17) is 0 Å². The first-order valence-electron chi connectivity index (χ1n) is 3.97. The Balaban J connectivity index is 2.24. The summed E-state index contributed by atoms with van der Waals surface area (Å²) in [5.74, 6) is 0.214. The Bertz CT molecular complexity index is 138. The van der Waals surface area contributed by atoms with E-state index in [-0.39, 0.29) is 5.91 Å². The van der Waals surface area contributed by atoms with Crippen molar-refractivity contribution in [3.8, 4) is 0 Å². The number of nitrogens with one attached hydrogen (secondary N) is 2. The number of carbonyl (C=O) groups is 1. The zero-order valence-corrected chi connectivity index (χ0v) is 6.89. The molecule has 4 heteroatoms. The molecule has 0 saturated carbocycles. The van der Waals surface area contributed by atoms with Gasteiger partial charge in [-0.1, -0.05) is 0 Å². The minimum Gasteiger partial charge on any atom is -0.339 e. The minimum atomic E-state index is 0.214. The maximum absolute atomic E-state index is 11.1. The van der Waals surface area contributed by atoms with Gasteiger partial charge < -0.3 is 15.5 Å². The second kappa shape index (κ2) is 4.31. The largest absolute Gasteiger partial charge is 0.339 e. The van der Waals surface area contributed by atoms with E-state index in [9.17, 15) is 4.79 Å². The Morgan fingerprint density at radius 3 is 3.18 bits per heavy atom. The molecule has 0 aromatic carbocycles. The van der Waals surface area contributed by atoms with Crippen LogP contribution in [0.1, 0.15) is 0 Å². The van der Waals surface area contributed by atoms with Crippen molar-refractivity contribution in [3.63, 3.8) is 0 Å². The molecule has 0 spiro atoms. The summed E-state index contributed by atoms with van der Waals surface area (Å²) in [5.41, 5.74) is 0. The van der Waals surface area contributed by atoms with Crippen LogP contribution in [0.3, 0.4) is 0 Å². The second-order valence-corrected chi connectivity index (χ2v) is 2.66. The van der Waals surface area contributed by atoms with Crippen molar-refractivity contribution in [2.75, 3.05) is 39.8 Å². The van der Waals surface area contributed by atoms with Gasteiger partial charge in [0.05, 0.1) is 6.54 Å². The minimum absolute atomic E-state index is 0.214. The van der Waals surface area contributed by atoms with Gasteiger partial charge in [-0.2, -0.15) is 0 Å². The number of rotatable bonds is 3. The highest BCUT2D eigenvalue weighted by atomic mass is 16.2. The lowest BCUT2D eigenvalue weighted by atomic mass is 10.3. The lowest BCUT2D eigenvalue weighted by Gasteiger charge is -2.27. The SMILES string of the molecule is CNCCN1CCNCC1=O. The van der Waals surface area contributed by atoms with Crippen molar-refractivity contribution in [2.45, 2.75) is 0 Å². The quantitative estimate of drug-likeness (QED) is 0.531. The summed E-state index contributed by atoms with van der Waals surface area (Å²) in [6.45, 7) is 3.99. The number of piperazine rings is 1. The maximum Gasteiger partial charge on any atom is 0.236 e. The highest BCUT2D eigenvalue weighted by molar-refractivity contribution is 5.78. The van der Waals surface area contributed by atoms with Gasteiger partial charge in [-0.15, -0.1) is 0 Å². The molecule has 1 amide bonds. The normalized spacial score (nSPS) is 19.0. The van der Waals surface area contributed by atoms with Crippen LogP contribution in [-0.4, -0.2) is 50.6 Å². The third kappa shape index (κ3) is 2.48. The maximum atomic E-state index is 11.1. The smallest absolute Gasteiger partial charge is 0.236 e. The summed E-state index contributed by atoms with van der Waals surface area (Å²) in [6, 6.07) is 0. The van der Waals surface area contributed by atoms with E-state index in [1.54, 1.807) is 0 Å². The summed E-state index contributed by atoms with van der Waals surface area (Å²) in [4.78, 5) is 13.0. The standard InChI is InChI=1S/C7H15N3O/c1-8-2-4-10-5-3-9-6-7(10)11/h8-9H,2-6H2,1H3. The van der Waals surface area contributed by atoms with Gasteiger partial charge in [0.15, 0.2) is 0 Å². The highest BCUT2D eigenvalue weighted by Crippen LogP contribution is 1.91. The van der Waals surface area contributed by atoms with Crippen LogP contribution in [0.2, 0.25) is 0 Å². The van der Waals surface area contributed by atoms with Crippen molar-refractivity contribution in [3.05, 3.63) is 0 Å². The summed E-state index contributed by atoms with van der Waals surface area (Å²) in [5, 5.41) is 6.05. The number of likely N-dealkylation sites (N-methyl/N-ethyl adjacent to an activating group) is 1. The first-order valence-corrected chi connectivity index (χ1v) is 3.97. The Hall–Kier alpha value is -0.610. The average Bonchev–Trinajstić information content (AvgIpc) is 2.03. The van der Waals surface area contributed by atoms with Gasteiger partial charge in [-0.25, -0.2) is 0 Å². The fraction of sp³-hybridized carbons (Fsp3) is 0.857. The van der Waals surface area contributed by atoms with Crippen LogP contribution >= 0.6 is 0 Å². The van der Waals surface area contributed by atoms with Gasteiger partial charge >= 0.3 is 0 Å². The van der Waals surface area contributed by atoms with Crippen molar-refractivity contribution >= 4 is 5.91 Å². The van der Waals surface area contributed by atoms with Gasteiger partial charge in [-0.3, -0.25) is 4.79 Å². The predicted octanol–water partition coefficient (Wildman–Crippen LogP) is -1.36. The Kier molecular flexibility index (Phi) is 3.32. The molecule has 0 radical (unpaired) electrons. The fourth-order valence-corrected chi connectivity index (χ4v) is 1.13. The molecular weight excluding hydrogens is 142 g/mol. The van der Waals surface area contributed by atoms with Crippen LogP contribution in [0.4, 0.5) is 0 Å². The van der Waals surface area contributed by atoms with Crippen LogP contribution in [-0.2, 0) is 4.79 Å². The van der Waals surface area contributed by atoms with Gasteiger partial charge in [-0.05, 0) is 7.05 Å². The molecule has 0 unspecified atom stereocenters. The zero-order valence-electron chi connectivity index (χ0n) is 6.89. The van der Waals surface area contributed by atoms with E-state index < -0.39 is 0 Å². The van der Waals surface area contributed by atoms with E-state index in [2.05, 4.69) is 10.6 Å². The summed E-state index contributed by atoms with van der Waals surface area (Å²) < 4.78 is 0. The average molecular weight is 157 g/mol. The molecule has 1 aliphatic heterocycles. The number of amides is 1. The third-order valence-corrected chi connectivity index (χ3v) is 1.82. The second-order valence-electron chi connectivity index (χ2n) is 2.66. The Morgan fingerprint density at radius 2 is 2.55 bits per heavy atom. The number of hydrogen-bond acceptors (Lipinski definition) is 3. The third-order valence-electron chi connectivity index (χ3n) is 1.82. The molecule has 4 nitrogen and oxygen atoms in total. The van der Waals surface area contributed by atoms with Crippen molar-refractivity contribution in [2.24, 2.45) is 0 Å². The van der Waals surface area contributed by atoms with Crippen LogP contribution in [0, 0.1) is 0 Å². The molecule has 0 aliphatic carbocycles. The predicted molar refractivity (Wildman–Crippen MR) is 43.4 cm³/mol. The van der Waals surface area contributed by atoms with Crippen LogP contribution in [0.25, 0.3) is 0 Å². The molecule has 1 saturated heterocycles. The molecule has 0 aromatic rings. The topological polar surface area (TPSA) is 44.4 Å². The van der Waals surface area contributed by atoms with E-state index in [1.165, 1.54) is 0 Å². The lowest BCUT2D eigenvalue weighted by molar-refractivity contribution is -0.131. The van der Waals surface area contributed by atoms with Gasteiger partial charge in [0.1, 0.15) is 0 Å². The van der Waals surface area contributed by atoms with Gasteiger partial charge in [0.25, 0.3) is 0 Å². The zero-order chi connectivity index (χ0) is 8.10. The van der Waals surface area contributed by atoms with E-state index in [0.29, 0.717) is 6.54 Å². The first-order chi connectivity index (χ1) is 5.34. The van der Waals surface area contributed by atoms with Gasteiger partial charge in [0, 0.05) is 26.2 Å². The fourth-order valence-electron chi connectivity index (χ4n) is 1.13. The Labute approximate surface area is 66.9 Å². The summed E-state index contributed by atoms with van der Waals surface area (Å²) >= 11 is 0. The van der Waals surface area contributed by atoms with Crippen molar-refractivity contribution in [1.29, 1.82) is 0 Å². The monoisotopic (exact) mass is 157 g/mol. The highest BCUT2D eigenvalue weighted by Gasteiger charge is 2.15. The Morgan fingerprint density at radius 1 is 1.73 bits per heavy atom. The van der Waals surface area contributed by atoms with Crippen LogP contribution < -0.4 is 10.6 Å². The summed E-state index contributed by atoms with van der Waals surface area (Å²) in [6.07, 6.45) is 0. The number of carbonyl (C=O) groups excluding carboxylic acids is 1. The molecule has 0 bridgehead atoms. The molecule has 1 fully saturated rings. The van der Waals surface area contributed by atoms with Crippen LogP contribution in [0.15, 0.2) is 0 Å². The van der Waals surface area contributed by atoms with Crippen molar-refractivity contribution < 1.29 is 4.79 Å². The molecule has 0 aromatic heterocycles. The number of hydrogen-bond donors (Lipinski definition) is 2. The van der Waals surface area contributed by atoms with Crippen LogP contribution in [0.5, 0.6) is 0 Å². The van der Waals surface area contributed by atoms with E-state index in [1.807, 2.05) is 11.9 Å². The molecule has 1 heterocycles. The molecule has 1 aliphatic rings. The molecule has 64 valence electrons. The van der Waals surface area contributed by atoms with E-state index in [0.717, 1.165) is 26.2 Å². The molecule has 0 atom stereocenters. The number of nitrogens with zero attached hydrogens (tertiary/aromatic N) is 1. The molecule has 1 rings (SSSR count). The first kappa shape index (κ1) is 8.49. The van der Waals surface area contributed by atoms with Crippen molar-refractivity contribution in [1.82, 2.24) is 15.5 Å². The lowest BCUT2D eigenvalue weighted by Crippen LogP contribution is -2.49. The summed E-state index contributed by atoms with van der Waals surface area (Å²) in [7, 11) is 1.90. The molecule has 11 heavy (non-hydrogen) atoms.